The van der Waals surface area contributed by atoms with Gasteiger partial charge in [-0.05, 0) is 0 Å². The third-order valence-electron chi connectivity index (χ3n) is 0.383. The highest BCUT2D eigenvalue weighted by Gasteiger charge is 1.79. The molecule has 2 nitrogen and oxygen atoms in total. The van der Waals surface area contributed by atoms with E-state index in [-0.39, 0.29) is 6.61 Å². The van der Waals surface area contributed by atoms with Crippen LogP contribution in [-0.4, -0.2) is 11.7 Å². The summed E-state index contributed by atoms with van der Waals surface area (Å²) in [4.78, 5) is 0.634. The van der Waals surface area contributed by atoms with E-state index in [1.807, 2.05) is 22.9 Å². The van der Waals surface area contributed by atoms with Crippen molar-refractivity contribution in [2.75, 3.05) is 6.61 Å². The lowest BCUT2D eigenvalue weighted by Crippen LogP contribution is -1.87. The second-order valence-electron chi connectivity index (χ2n) is 0.903. The second-order valence-corrected chi connectivity index (χ2v) is 2.10. The summed E-state index contributed by atoms with van der Waals surface area (Å²) in [5.74, 6) is 0. The molecule has 0 aromatic carbocycles. The lowest BCUT2D eigenvalue weighted by atomic mass is 10.6. The lowest BCUT2D eigenvalue weighted by molar-refractivity contribution is 0.339. The molecule has 0 saturated heterocycles. The molecule has 0 aliphatic heterocycles. The van der Waals surface area contributed by atoms with Crippen LogP contribution in [0.3, 0.4) is 0 Å². The van der Waals surface area contributed by atoms with E-state index in [0.717, 1.165) is 0 Å². The molecule has 0 aromatic heterocycles. The Morgan fingerprint density at radius 3 is 2.71 bits per heavy atom. The molecule has 0 saturated carbocycles. The lowest BCUT2D eigenvalue weighted by Gasteiger charge is -1.88. The molecule has 0 unspecified atom stereocenters. The van der Waals surface area contributed by atoms with Gasteiger partial charge in [-0.2, -0.15) is 0 Å². The quantitative estimate of drug-likeness (QED) is 0.371. The van der Waals surface area contributed by atoms with Crippen LogP contribution in [0.1, 0.15) is 0 Å². The van der Waals surface area contributed by atoms with Gasteiger partial charge >= 0.3 is 0 Å². The van der Waals surface area contributed by atoms with Crippen LogP contribution in [0.25, 0.3) is 0 Å². The fourth-order valence-electron chi connectivity index (χ4n) is 0.109. The molecule has 0 rings (SSSR count). The van der Waals surface area contributed by atoms with Gasteiger partial charge in [0.15, 0.2) is 0 Å². The smallest absolute Gasteiger partial charge is 0.0752 e. The third kappa shape index (κ3) is 4.43. The van der Waals surface area contributed by atoms with Gasteiger partial charge in [-0.15, -0.1) is 12.6 Å². The molecule has 4 heteroatoms. The molecule has 0 aromatic rings. The number of aliphatic hydroxyl groups is 1. The molecule has 0 aliphatic carbocycles. The molecule has 42 valence electrons. The average Bonchev–Trinajstić information content (AvgIpc) is 1.68. The summed E-state index contributed by atoms with van der Waals surface area (Å²) < 4.78 is 2.69. The van der Waals surface area contributed by atoms with Gasteiger partial charge in [-0.25, -0.2) is 0 Å². The minimum atomic E-state index is -0.000880. The topological polar surface area (TPSA) is 32.3 Å². The summed E-state index contributed by atoms with van der Waals surface area (Å²) in [7, 11) is 0. The third-order valence-corrected chi connectivity index (χ3v) is 0.965. The van der Waals surface area contributed by atoms with Crippen molar-refractivity contribution in [1.82, 2.24) is 3.53 Å². The van der Waals surface area contributed by atoms with E-state index < -0.39 is 0 Å². The van der Waals surface area contributed by atoms with Crippen LogP contribution in [-0.2, 0) is 0 Å². The zero-order valence-corrected chi connectivity index (χ0v) is 6.61. The van der Waals surface area contributed by atoms with Gasteiger partial charge in [0.2, 0.25) is 0 Å². The number of hydrogen-bond donors (Lipinski definition) is 3. The zero-order chi connectivity index (χ0) is 5.70. The number of thiol groups is 1. The van der Waals surface area contributed by atoms with Crippen LogP contribution >= 0.6 is 35.5 Å². The van der Waals surface area contributed by atoms with Gasteiger partial charge in [-0.1, -0.05) is 0 Å². The summed E-state index contributed by atoms with van der Waals surface area (Å²) in [6.07, 6.45) is 1.61. The highest BCUT2D eigenvalue weighted by Crippen LogP contribution is 1.94. The SMILES string of the molecule is OC/C(S)=C/NI. The molecule has 0 aliphatic rings. The van der Waals surface area contributed by atoms with Crippen molar-refractivity contribution in [2.24, 2.45) is 0 Å². The number of rotatable bonds is 2. The molecule has 0 spiro atoms. The summed E-state index contributed by atoms with van der Waals surface area (Å²) in [5.41, 5.74) is 0. The molecular formula is C3H6INOS. The van der Waals surface area contributed by atoms with Gasteiger partial charge < -0.3 is 8.64 Å². The van der Waals surface area contributed by atoms with E-state index in [1.165, 1.54) is 0 Å². The fraction of sp³-hybridized carbons (Fsp3) is 0.333. The van der Waals surface area contributed by atoms with Gasteiger partial charge in [-0.3, -0.25) is 0 Å². The summed E-state index contributed by atoms with van der Waals surface area (Å²) in [6.45, 7) is -0.000880. The largest absolute Gasteiger partial charge is 0.391 e. The van der Waals surface area contributed by atoms with E-state index in [0.29, 0.717) is 4.91 Å². The van der Waals surface area contributed by atoms with Gasteiger partial charge in [0.05, 0.1) is 29.5 Å². The van der Waals surface area contributed by atoms with Crippen LogP contribution in [0.5, 0.6) is 0 Å². The number of nitrogens with one attached hydrogen (secondary N) is 1. The van der Waals surface area contributed by atoms with Crippen LogP contribution in [0.15, 0.2) is 11.1 Å². The van der Waals surface area contributed by atoms with Crippen LogP contribution in [0.2, 0.25) is 0 Å². The van der Waals surface area contributed by atoms with E-state index in [4.69, 9.17) is 5.11 Å². The average molecular weight is 231 g/mol. The molecule has 0 atom stereocenters. The molecule has 0 radical (unpaired) electrons. The van der Waals surface area contributed by atoms with E-state index in [9.17, 15) is 0 Å². The predicted octanol–water partition coefficient (Wildman–Crippen LogP) is 0.690. The van der Waals surface area contributed by atoms with Crippen LogP contribution in [0.4, 0.5) is 0 Å². The van der Waals surface area contributed by atoms with Crippen molar-refractivity contribution >= 4 is 35.5 Å². The van der Waals surface area contributed by atoms with Crippen molar-refractivity contribution in [3.8, 4) is 0 Å². The first-order valence-corrected chi connectivity index (χ1v) is 3.19. The zero-order valence-electron chi connectivity index (χ0n) is 3.56. The maximum Gasteiger partial charge on any atom is 0.0752 e. The minimum Gasteiger partial charge on any atom is -0.391 e. The Hall–Kier alpha value is 0.580. The van der Waals surface area contributed by atoms with E-state index >= 15 is 0 Å². The number of aliphatic hydroxyl groups excluding tert-OH is 1. The predicted molar refractivity (Wildman–Crippen MR) is 41.3 cm³/mol. The van der Waals surface area contributed by atoms with Crippen molar-refractivity contribution in [3.05, 3.63) is 11.1 Å². The Bertz CT molecular complexity index is 75.3. The fourth-order valence-corrected chi connectivity index (χ4v) is 0.795. The van der Waals surface area contributed by atoms with Crippen molar-refractivity contribution < 1.29 is 5.11 Å². The Morgan fingerprint density at radius 2 is 2.57 bits per heavy atom. The maximum atomic E-state index is 8.28. The minimum absolute atomic E-state index is 0.000880. The Balaban J connectivity index is 3.29. The molecule has 7 heavy (non-hydrogen) atoms. The normalized spacial score (nSPS) is 11.6. The van der Waals surface area contributed by atoms with Crippen molar-refractivity contribution in [2.45, 2.75) is 0 Å². The molecule has 2 N–H and O–H groups in total. The van der Waals surface area contributed by atoms with E-state index in [2.05, 4.69) is 16.2 Å². The van der Waals surface area contributed by atoms with Crippen LogP contribution < -0.4 is 3.53 Å². The monoisotopic (exact) mass is 231 g/mol. The first-order valence-electron chi connectivity index (χ1n) is 1.66. The molecule has 0 amide bonds. The standard InChI is InChI=1S/C3H6INOS/c4-5-1-3(7)2-6/h1,5-7H,2H2/b3-1-. The first-order chi connectivity index (χ1) is 3.31. The van der Waals surface area contributed by atoms with E-state index in [1.54, 1.807) is 6.20 Å². The van der Waals surface area contributed by atoms with Gasteiger partial charge in [0, 0.05) is 11.1 Å². The Morgan fingerprint density at radius 1 is 2.00 bits per heavy atom. The van der Waals surface area contributed by atoms with Crippen molar-refractivity contribution in [1.29, 1.82) is 0 Å². The maximum absolute atomic E-state index is 8.28. The Kier molecular flexibility index (Phi) is 5.12. The second kappa shape index (κ2) is 4.73. The summed E-state index contributed by atoms with van der Waals surface area (Å²) in [5, 5.41) is 8.28. The van der Waals surface area contributed by atoms with Gasteiger partial charge in [0.1, 0.15) is 0 Å². The first kappa shape index (κ1) is 7.58. The number of hydrogen-bond acceptors (Lipinski definition) is 3. The molecule has 0 fully saturated rings. The summed E-state index contributed by atoms with van der Waals surface area (Å²) >= 11 is 5.79. The number of halogens is 1. The molecule has 0 bridgehead atoms. The molecular weight excluding hydrogens is 225 g/mol. The highest BCUT2D eigenvalue weighted by molar-refractivity contribution is 14.1. The van der Waals surface area contributed by atoms with Gasteiger partial charge in [0.25, 0.3) is 0 Å². The Labute approximate surface area is 61.9 Å². The highest BCUT2D eigenvalue weighted by atomic mass is 127. The summed E-state index contributed by atoms with van der Waals surface area (Å²) in [6, 6.07) is 0. The van der Waals surface area contributed by atoms with Crippen LogP contribution in [0, 0.1) is 0 Å². The van der Waals surface area contributed by atoms with Crippen molar-refractivity contribution in [3.63, 3.8) is 0 Å². The molecule has 0 heterocycles.